The highest BCUT2D eigenvalue weighted by Gasteiger charge is 2.30. The molecule has 0 radical (unpaired) electrons. The van der Waals surface area contributed by atoms with Crippen molar-refractivity contribution in [1.82, 2.24) is 20.0 Å². The molecule has 2 amide bonds. The van der Waals surface area contributed by atoms with Crippen LogP contribution in [0.4, 0.5) is 0 Å². The Morgan fingerprint density at radius 1 is 1.18 bits per heavy atom. The van der Waals surface area contributed by atoms with Crippen molar-refractivity contribution in [2.45, 2.75) is 6.42 Å². The number of fused-ring (bicyclic) bond motifs is 3. The molecule has 0 fully saturated rings. The summed E-state index contributed by atoms with van der Waals surface area (Å²) in [7, 11) is 0. The zero-order valence-electron chi connectivity index (χ0n) is 11.8. The minimum atomic E-state index is -0.233. The normalized spacial score (nSPS) is 17.3. The molecule has 0 aliphatic carbocycles. The van der Waals surface area contributed by atoms with Gasteiger partial charge in [-0.2, -0.15) is 5.10 Å². The van der Waals surface area contributed by atoms with Gasteiger partial charge in [-0.1, -0.05) is 12.1 Å². The SMILES string of the molecule is O=C1C=C2c3cccc(-n4cccn4)c3CCN2C(=O)CN1. The summed E-state index contributed by atoms with van der Waals surface area (Å²) in [6.07, 6.45) is 5.87. The second-order valence-corrected chi connectivity index (χ2v) is 5.30. The standard InChI is InChI=1S/C16H14N4O2/c21-15-9-14-11-3-1-4-13(20-7-2-6-18-20)12(11)5-8-19(14)16(22)10-17-15/h1-4,6-7,9H,5,8,10H2,(H,17,21). The fraction of sp³-hybridized carbons (Fsp3) is 0.188. The van der Waals surface area contributed by atoms with Crippen LogP contribution in [0.2, 0.25) is 0 Å². The van der Waals surface area contributed by atoms with E-state index in [9.17, 15) is 9.59 Å². The van der Waals surface area contributed by atoms with E-state index in [-0.39, 0.29) is 18.4 Å². The number of aromatic nitrogens is 2. The first-order valence-electron chi connectivity index (χ1n) is 7.16. The average molecular weight is 294 g/mol. The highest BCUT2D eigenvalue weighted by molar-refractivity contribution is 6.04. The summed E-state index contributed by atoms with van der Waals surface area (Å²) in [5.41, 5.74) is 3.69. The predicted molar refractivity (Wildman–Crippen MR) is 80.0 cm³/mol. The van der Waals surface area contributed by atoms with Crippen LogP contribution >= 0.6 is 0 Å². The van der Waals surface area contributed by atoms with Crippen LogP contribution in [-0.4, -0.2) is 39.6 Å². The third-order valence-electron chi connectivity index (χ3n) is 4.04. The monoisotopic (exact) mass is 294 g/mol. The molecule has 1 N–H and O–H groups in total. The molecule has 0 atom stereocenters. The second-order valence-electron chi connectivity index (χ2n) is 5.30. The molecule has 0 unspecified atom stereocenters. The van der Waals surface area contributed by atoms with Gasteiger partial charge >= 0.3 is 0 Å². The molecule has 0 saturated carbocycles. The van der Waals surface area contributed by atoms with Crippen LogP contribution in [0.1, 0.15) is 11.1 Å². The van der Waals surface area contributed by atoms with Crippen LogP contribution in [0.15, 0.2) is 42.7 Å². The summed E-state index contributed by atoms with van der Waals surface area (Å²) in [6, 6.07) is 7.75. The number of carbonyl (C=O) groups excluding carboxylic acids is 2. The van der Waals surface area contributed by atoms with Crippen LogP contribution in [0.5, 0.6) is 0 Å². The Morgan fingerprint density at radius 2 is 2.09 bits per heavy atom. The second kappa shape index (κ2) is 4.84. The van der Waals surface area contributed by atoms with Gasteiger partial charge in [0.25, 0.3) is 0 Å². The lowest BCUT2D eigenvalue weighted by atomic mass is 9.94. The van der Waals surface area contributed by atoms with E-state index >= 15 is 0 Å². The molecule has 1 aromatic carbocycles. The number of rotatable bonds is 1. The van der Waals surface area contributed by atoms with E-state index in [4.69, 9.17) is 0 Å². The summed E-state index contributed by atoms with van der Waals surface area (Å²) in [4.78, 5) is 25.7. The maximum absolute atomic E-state index is 12.2. The van der Waals surface area contributed by atoms with E-state index in [1.807, 2.05) is 35.1 Å². The third kappa shape index (κ3) is 1.92. The number of nitrogens with one attached hydrogen (secondary N) is 1. The molecule has 6 nitrogen and oxygen atoms in total. The first-order valence-corrected chi connectivity index (χ1v) is 7.16. The molecular weight excluding hydrogens is 280 g/mol. The van der Waals surface area contributed by atoms with Crippen molar-refractivity contribution in [3.63, 3.8) is 0 Å². The molecule has 6 heteroatoms. The quantitative estimate of drug-likeness (QED) is 0.843. The van der Waals surface area contributed by atoms with Crippen molar-refractivity contribution in [1.29, 1.82) is 0 Å². The van der Waals surface area contributed by atoms with Crippen molar-refractivity contribution < 1.29 is 9.59 Å². The van der Waals surface area contributed by atoms with Crippen LogP contribution in [-0.2, 0) is 16.0 Å². The minimum Gasteiger partial charge on any atom is -0.343 e. The maximum atomic E-state index is 12.2. The lowest BCUT2D eigenvalue weighted by Gasteiger charge is -2.31. The molecule has 110 valence electrons. The fourth-order valence-corrected chi connectivity index (χ4v) is 3.04. The molecule has 2 aromatic rings. The Bertz CT molecular complexity index is 792. The lowest BCUT2D eigenvalue weighted by molar-refractivity contribution is -0.128. The van der Waals surface area contributed by atoms with E-state index in [0.29, 0.717) is 12.2 Å². The van der Waals surface area contributed by atoms with Gasteiger partial charge in [0.15, 0.2) is 0 Å². The molecule has 2 aliphatic rings. The van der Waals surface area contributed by atoms with Gasteiger partial charge in [-0.3, -0.25) is 9.59 Å². The van der Waals surface area contributed by atoms with Gasteiger partial charge in [0.05, 0.1) is 17.9 Å². The highest BCUT2D eigenvalue weighted by Crippen LogP contribution is 2.32. The van der Waals surface area contributed by atoms with Crippen molar-refractivity contribution in [3.05, 3.63) is 53.9 Å². The molecule has 4 rings (SSSR count). The Morgan fingerprint density at radius 3 is 2.91 bits per heavy atom. The fourth-order valence-electron chi connectivity index (χ4n) is 3.04. The smallest absolute Gasteiger partial charge is 0.246 e. The summed E-state index contributed by atoms with van der Waals surface area (Å²) >= 11 is 0. The molecule has 2 aliphatic heterocycles. The molecule has 0 spiro atoms. The molecule has 22 heavy (non-hydrogen) atoms. The van der Waals surface area contributed by atoms with Crippen molar-refractivity contribution in [2.75, 3.05) is 13.1 Å². The number of nitrogens with zero attached hydrogens (tertiary/aromatic N) is 3. The first-order chi connectivity index (χ1) is 10.7. The van der Waals surface area contributed by atoms with Crippen molar-refractivity contribution in [2.24, 2.45) is 0 Å². The Balaban J connectivity index is 1.90. The maximum Gasteiger partial charge on any atom is 0.246 e. The van der Waals surface area contributed by atoms with Gasteiger partial charge in [0.1, 0.15) is 0 Å². The zero-order valence-corrected chi connectivity index (χ0v) is 11.8. The number of hydrogen-bond donors (Lipinski definition) is 1. The van der Waals surface area contributed by atoms with Crippen LogP contribution < -0.4 is 5.32 Å². The highest BCUT2D eigenvalue weighted by atomic mass is 16.2. The number of benzene rings is 1. The number of carbonyl (C=O) groups is 2. The Labute approximate surface area is 127 Å². The van der Waals surface area contributed by atoms with Gasteiger partial charge in [0, 0.05) is 30.6 Å². The first kappa shape index (κ1) is 12.8. The summed E-state index contributed by atoms with van der Waals surface area (Å²) < 4.78 is 1.81. The van der Waals surface area contributed by atoms with Crippen LogP contribution in [0, 0.1) is 0 Å². The van der Waals surface area contributed by atoms with E-state index in [2.05, 4.69) is 10.4 Å². The summed E-state index contributed by atoms with van der Waals surface area (Å²) in [5.74, 6) is -0.310. The van der Waals surface area contributed by atoms with E-state index in [0.717, 1.165) is 23.2 Å². The van der Waals surface area contributed by atoms with E-state index in [1.54, 1.807) is 11.1 Å². The topological polar surface area (TPSA) is 67.2 Å². The number of hydrogen-bond acceptors (Lipinski definition) is 3. The molecule has 0 bridgehead atoms. The zero-order chi connectivity index (χ0) is 15.1. The van der Waals surface area contributed by atoms with Gasteiger partial charge in [-0.15, -0.1) is 0 Å². The van der Waals surface area contributed by atoms with E-state index < -0.39 is 0 Å². The number of amides is 2. The summed E-state index contributed by atoms with van der Waals surface area (Å²) in [5, 5.41) is 6.88. The van der Waals surface area contributed by atoms with Gasteiger partial charge in [0.2, 0.25) is 11.8 Å². The van der Waals surface area contributed by atoms with Crippen molar-refractivity contribution in [3.8, 4) is 5.69 Å². The Kier molecular flexibility index (Phi) is 2.82. The van der Waals surface area contributed by atoms with Crippen molar-refractivity contribution >= 4 is 17.5 Å². The van der Waals surface area contributed by atoms with E-state index in [1.165, 1.54) is 6.08 Å². The minimum absolute atomic E-state index is 0.0486. The van der Waals surface area contributed by atoms with Gasteiger partial charge in [-0.05, 0) is 24.1 Å². The average Bonchev–Trinajstić information content (AvgIpc) is 3.01. The van der Waals surface area contributed by atoms with Crippen LogP contribution in [0.3, 0.4) is 0 Å². The Hall–Kier alpha value is -2.89. The molecule has 3 heterocycles. The van der Waals surface area contributed by atoms with Gasteiger partial charge in [-0.25, -0.2) is 4.68 Å². The molecular formula is C16H14N4O2. The molecule has 1 aromatic heterocycles. The third-order valence-corrected chi connectivity index (χ3v) is 4.04. The van der Waals surface area contributed by atoms with Crippen LogP contribution in [0.25, 0.3) is 11.4 Å². The lowest BCUT2D eigenvalue weighted by Crippen LogP contribution is -2.38. The molecule has 0 saturated heterocycles. The predicted octanol–water partition coefficient (Wildman–Crippen LogP) is 0.728. The summed E-state index contributed by atoms with van der Waals surface area (Å²) in [6.45, 7) is 0.623. The van der Waals surface area contributed by atoms with Gasteiger partial charge < -0.3 is 10.2 Å². The largest absolute Gasteiger partial charge is 0.343 e.